The van der Waals surface area contributed by atoms with Gasteiger partial charge in [0, 0.05) is 18.7 Å². The summed E-state index contributed by atoms with van der Waals surface area (Å²) in [4.78, 5) is 7.83. The van der Waals surface area contributed by atoms with Crippen molar-refractivity contribution in [2.45, 2.75) is 38.1 Å². The number of nitrogens with zero attached hydrogens (tertiary/aromatic N) is 1. The van der Waals surface area contributed by atoms with Crippen molar-refractivity contribution in [2.24, 2.45) is 17.8 Å². The molecule has 16 heavy (non-hydrogen) atoms. The van der Waals surface area contributed by atoms with Gasteiger partial charge in [-0.05, 0) is 43.4 Å². The fraction of sp³-hybridized carbons (Fsp3) is 0.769. The summed E-state index contributed by atoms with van der Waals surface area (Å²) < 4.78 is 0. The number of rotatable bonds is 1. The van der Waals surface area contributed by atoms with Crippen LogP contribution in [0, 0.1) is 17.8 Å². The number of aromatic amines is 1. The molecule has 0 aromatic carbocycles. The molecule has 0 amide bonds. The predicted molar refractivity (Wildman–Crippen MR) is 62.0 cm³/mol. The van der Waals surface area contributed by atoms with Gasteiger partial charge in [0.05, 0.1) is 18.1 Å². The van der Waals surface area contributed by atoms with E-state index < -0.39 is 0 Å². The van der Waals surface area contributed by atoms with E-state index in [1.807, 2.05) is 6.33 Å². The highest BCUT2D eigenvalue weighted by Gasteiger charge is 2.44. The minimum absolute atomic E-state index is 0.538. The summed E-state index contributed by atoms with van der Waals surface area (Å²) in [5.74, 6) is 2.99. The van der Waals surface area contributed by atoms with Crippen LogP contribution in [-0.4, -0.2) is 16.5 Å². The molecule has 2 aliphatic carbocycles. The van der Waals surface area contributed by atoms with Gasteiger partial charge in [-0.15, -0.1) is 0 Å². The zero-order valence-electron chi connectivity index (χ0n) is 9.58. The summed E-state index contributed by atoms with van der Waals surface area (Å²) in [7, 11) is 0. The van der Waals surface area contributed by atoms with E-state index in [1.54, 1.807) is 0 Å². The van der Waals surface area contributed by atoms with E-state index >= 15 is 0 Å². The lowest BCUT2D eigenvalue weighted by atomic mass is 9.81. The van der Waals surface area contributed by atoms with Crippen molar-refractivity contribution in [3.8, 4) is 0 Å². The Morgan fingerprint density at radius 2 is 2.00 bits per heavy atom. The van der Waals surface area contributed by atoms with Crippen LogP contribution in [-0.2, 0) is 6.42 Å². The quantitative estimate of drug-likeness (QED) is 0.755. The second kappa shape index (κ2) is 3.33. The third-order valence-electron chi connectivity index (χ3n) is 4.84. The standard InChI is InChI=1S/C13H19N3/c1-2-9(6-10-5-8(1)10)12-13-11(3-4-14-12)15-7-16-13/h7-10,12,14H,1-6H2,(H,15,16). The number of H-pyrrole nitrogens is 1. The molecule has 0 bridgehead atoms. The summed E-state index contributed by atoms with van der Waals surface area (Å²) in [6.45, 7) is 1.12. The molecule has 4 atom stereocenters. The molecular weight excluding hydrogens is 198 g/mol. The molecule has 2 fully saturated rings. The number of imidazole rings is 1. The minimum Gasteiger partial charge on any atom is -0.348 e. The third-order valence-corrected chi connectivity index (χ3v) is 4.84. The molecule has 0 saturated heterocycles. The Bertz CT molecular complexity index is 398. The average molecular weight is 217 g/mol. The van der Waals surface area contributed by atoms with Gasteiger partial charge in [-0.2, -0.15) is 0 Å². The van der Waals surface area contributed by atoms with E-state index in [4.69, 9.17) is 0 Å². The van der Waals surface area contributed by atoms with E-state index in [1.165, 1.54) is 37.1 Å². The molecule has 3 aliphatic rings. The van der Waals surface area contributed by atoms with Crippen LogP contribution >= 0.6 is 0 Å². The van der Waals surface area contributed by atoms with Gasteiger partial charge in [0.15, 0.2) is 0 Å². The Labute approximate surface area is 96.0 Å². The molecule has 0 spiro atoms. The van der Waals surface area contributed by atoms with Crippen molar-refractivity contribution in [1.82, 2.24) is 15.3 Å². The normalized spacial score (nSPS) is 41.2. The molecule has 2 saturated carbocycles. The van der Waals surface area contributed by atoms with Crippen LogP contribution in [0.5, 0.6) is 0 Å². The third kappa shape index (κ3) is 1.34. The monoisotopic (exact) mass is 217 g/mol. The van der Waals surface area contributed by atoms with Crippen LogP contribution in [0.25, 0.3) is 0 Å². The summed E-state index contributed by atoms with van der Waals surface area (Å²) >= 11 is 0. The van der Waals surface area contributed by atoms with Crippen molar-refractivity contribution in [1.29, 1.82) is 0 Å². The molecule has 2 N–H and O–H groups in total. The maximum Gasteiger partial charge on any atom is 0.0925 e. The van der Waals surface area contributed by atoms with Crippen LogP contribution in [0.3, 0.4) is 0 Å². The molecule has 2 heterocycles. The lowest BCUT2D eigenvalue weighted by Gasteiger charge is -2.32. The summed E-state index contributed by atoms with van der Waals surface area (Å²) in [6.07, 6.45) is 8.81. The van der Waals surface area contributed by atoms with Gasteiger partial charge in [0.1, 0.15) is 0 Å². The van der Waals surface area contributed by atoms with Gasteiger partial charge < -0.3 is 10.3 Å². The summed E-state index contributed by atoms with van der Waals surface area (Å²) in [5, 5.41) is 3.69. The predicted octanol–water partition coefficient (Wildman–Crippen LogP) is 2.03. The van der Waals surface area contributed by atoms with Gasteiger partial charge >= 0.3 is 0 Å². The number of nitrogens with one attached hydrogen (secondary N) is 2. The fourth-order valence-corrected chi connectivity index (χ4v) is 3.83. The lowest BCUT2D eigenvalue weighted by molar-refractivity contribution is 0.252. The van der Waals surface area contributed by atoms with Gasteiger partial charge in [-0.3, -0.25) is 0 Å². The Morgan fingerprint density at radius 3 is 2.94 bits per heavy atom. The molecule has 3 heteroatoms. The zero-order chi connectivity index (χ0) is 10.5. The van der Waals surface area contributed by atoms with Crippen molar-refractivity contribution in [2.75, 3.05) is 6.54 Å². The first-order chi connectivity index (χ1) is 7.92. The second-order valence-corrected chi connectivity index (χ2v) is 5.78. The molecule has 1 aromatic rings. The molecule has 4 rings (SSSR count). The van der Waals surface area contributed by atoms with Crippen molar-refractivity contribution in [3.63, 3.8) is 0 Å². The summed E-state index contributed by atoms with van der Waals surface area (Å²) in [5.41, 5.74) is 2.69. The van der Waals surface area contributed by atoms with Gasteiger partial charge in [-0.1, -0.05) is 0 Å². The Morgan fingerprint density at radius 1 is 1.12 bits per heavy atom. The van der Waals surface area contributed by atoms with Crippen LogP contribution in [0.4, 0.5) is 0 Å². The van der Waals surface area contributed by atoms with Gasteiger partial charge in [0.2, 0.25) is 0 Å². The Kier molecular flexibility index (Phi) is 1.92. The van der Waals surface area contributed by atoms with Crippen LogP contribution in [0.15, 0.2) is 6.33 Å². The van der Waals surface area contributed by atoms with Crippen LogP contribution < -0.4 is 5.32 Å². The molecule has 1 aromatic heterocycles. The number of fused-ring (bicyclic) bond motifs is 2. The summed E-state index contributed by atoms with van der Waals surface area (Å²) in [6, 6.07) is 0.538. The van der Waals surface area contributed by atoms with Crippen LogP contribution in [0.1, 0.15) is 43.1 Å². The van der Waals surface area contributed by atoms with E-state index in [0.29, 0.717) is 6.04 Å². The maximum absolute atomic E-state index is 4.53. The van der Waals surface area contributed by atoms with Crippen molar-refractivity contribution >= 4 is 0 Å². The molecule has 3 nitrogen and oxygen atoms in total. The average Bonchev–Trinajstić information content (AvgIpc) is 2.93. The van der Waals surface area contributed by atoms with E-state index in [0.717, 1.165) is 30.7 Å². The van der Waals surface area contributed by atoms with E-state index in [2.05, 4.69) is 15.3 Å². The highest BCUT2D eigenvalue weighted by molar-refractivity contribution is 5.20. The topological polar surface area (TPSA) is 40.7 Å². The molecule has 4 unspecified atom stereocenters. The second-order valence-electron chi connectivity index (χ2n) is 5.78. The number of aromatic nitrogens is 2. The highest BCUT2D eigenvalue weighted by Crippen LogP contribution is 2.53. The van der Waals surface area contributed by atoms with E-state index in [-0.39, 0.29) is 0 Å². The van der Waals surface area contributed by atoms with E-state index in [9.17, 15) is 0 Å². The lowest BCUT2D eigenvalue weighted by Crippen LogP contribution is -2.36. The van der Waals surface area contributed by atoms with Crippen molar-refractivity contribution in [3.05, 3.63) is 17.7 Å². The first-order valence-corrected chi connectivity index (χ1v) is 6.67. The first-order valence-electron chi connectivity index (χ1n) is 6.67. The Hall–Kier alpha value is -0.830. The molecule has 0 radical (unpaired) electrons. The maximum atomic E-state index is 4.53. The van der Waals surface area contributed by atoms with Crippen LogP contribution in [0.2, 0.25) is 0 Å². The zero-order valence-corrected chi connectivity index (χ0v) is 9.58. The van der Waals surface area contributed by atoms with Crippen molar-refractivity contribution < 1.29 is 0 Å². The number of hydrogen-bond acceptors (Lipinski definition) is 2. The van der Waals surface area contributed by atoms with Gasteiger partial charge in [-0.25, -0.2) is 4.98 Å². The smallest absolute Gasteiger partial charge is 0.0925 e. The highest BCUT2D eigenvalue weighted by atomic mass is 15.0. The molecule has 86 valence electrons. The minimum atomic E-state index is 0.538. The van der Waals surface area contributed by atoms with Gasteiger partial charge in [0.25, 0.3) is 0 Å². The molecular formula is C13H19N3. The Balaban J connectivity index is 1.59. The SMILES string of the molecule is c1nc2c([nH]1)CCNC2C1CCC2CC2C1. The molecule has 1 aliphatic heterocycles. The fourth-order valence-electron chi connectivity index (χ4n) is 3.83. The first kappa shape index (κ1) is 9.23. The number of hydrogen-bond donors (Lipinski definition) is 2. The largest absolute Gasteiger partial charge is 0.348 e.